The normalized spacial score (nSPS) is 15.7. The lowest BCUT2D eigenvalue weighted by Gasteiger charge is -2.41. The van der Waals surface area contributed by atoms with E-state index in [1.165, 1.54) is 0 Å². The van der Waals surface area contributed by atoms with Gasteiger partial charge in [-0.15, -0.1) is 0 Å². The van der Waals surface area contributed by atoms with Gasteiger partial charge in [-0.1, -0.05) is 0 Å². The molecule has 4 N–H and O–H groups in total. The van der Waals surface area contributed by atoms with Gasteiger partial charge in [0, 0.05) is 12.6 Å². The van der Waals surface area contributed by atoms with Gasteiger partial charge in [-0.25, -0.2) is 0 Å². The molecule has 0 aliphatic heterocycles. The van der Waals surface area contributed by atoms with Crippen molar-refractivity contribution in [2.45, 2.75) is 54.2 Å². The van der Waals surface area contributed by atoms with Crippen LogP contribution in [0.4, 0.5) is 65.9 Å². The molecule has 0 spiro atoms. The number of hydrogen-bond acceptors (Lipinski definition) is 4. The van der Waals surface area contributed by atoms with Crippen molar-refractivity contribution in [3.05, 3.63) is 0 Å². The largest absolute Gasteiger partial charge is 0.492 e. The number of alkyl halides is 15. The molecule has 32 heavy (non-hydrogen) atoms. The number of rotatable bonds is 10. The number of halogens is 15. The Labute approximate surface area is 167 Å². The van der Waals surface area contributed by atoms with E-state index in [9.17, 15) is 70.7 Å². The second-order valence-electron chi connectivity index (χ2n) is 6.08. The quantitative estimate of drug-likeness (QED) is 0.198. The highest BCUT2D eigenvalue weighted by molar-refractivity contribution is 6.56. The van der Waals surface area contributed by atoms with Crippen molar-refractivity contribution >= 4 is 14.7 Å². The first-order valence-corrected chi connectivity index (χ1v) is 9.47. The van der Waals surface area contributed by atoms with Gasteiger partial charge in [-0.05, 0) is 6.42 Å². The number of nitrogens with one attached hydrogen (secondary N) is 1. The van der Waals surface area contributed by atoms with Gasteiger partial charge in [0.1, 0.15) is 0 Å². The van der Waals surface area contributed by atoms with Crippen molar-refractivity contribution < 1.29 is 85.0 Å². The molecule has 0 radical (unpaired) electrons. The molecule has 0 bridgehead atoms. The minimum Gasteiger partial charge on any atom is -0.390 e. The van der Waals surface area contributed by atoms with Crippen LogP contribution >= 0.6 is 0 Å². The highest BCUT2D eigenvalue weighted by Gasteiger charge is 2.94. The standard InChI is InChI=1S/C11H10F15NO4Si/c12-5(13,4(28)27-2-1-3-32(29,30)31)6(14,15)7(16,17)8(18,19)9(20,21)10(22,23)11(24,25)26/h29-31H,1-3H2,(H,27,28). The molecule has 0 unspecified atom stereocenters. The van der Waals surface area contributed by atoms with E-state index in [2.05, 4.69) is 0 Å². The fourth-order valence-electron chi connectivity index (χ4n) is 1.75. The molecule has 0 rings (SSSR count). The molecule has 0 aliphatic rings. The average molecular weight is 533 g/mol. The fourth-order valence-corrected chi connectivity index (χ4v) is 2.40. The smallest absolute Gasteiger partial charge is 0.390 e. The topological polar surface area (TPSA) is 89.8 Å². The molecule has 1 amide bonds. The van der Waals surface area contributed by atoms with Gasteiger partial charge in [0.25, 0.3) is 5.91 Å². The zero-order valence-corrected chi connectivity index (χ0v) is 15.5. The molecule has 0 aliphatic carbocycles. The molecule has 21 heteroatoms. The third-order valence-electron chi connectivity index (χ3n) is 3.59. The van der Waals surface area contributed by atoms with Crippen LogP contribution < -0.4 is 5.32 Å². The minimum absolute atomic E-state index is 0.644. The predicted molar refractivity (Wildman–Crippen MR) is 70.6 cm³/mol. The van der Waals surface area contributed by atoms with Gasteiger partial charge in [-0.3, -0.25) is 4.79 Å². The molecule has 0 atom stereocenters. The van der Waals surface area contributed by atoms with Gasteiger partial charge < -0.3 is 19.7 Å². The molecule has 0 fully saturated rings. The van der Waals surface area contributed by atoms with Crippen LogP contribution in [0.3, 0.4) is 0 Å². The van der Waals surface area contributed by atoms with Crippen molar-refractivity contribution in [1.29, 1.82) is 0 Å². The lowest BCUT2D eigenvalue weighted by atomic mass is 9.91. The van der Waals surface area contributed by atoms with Crippen LogP contribution in [-0.2, 0) is 4.79 Å². The van der Waals surface area contributed by atoms with Gasteiger partial charge in [-0.2, -0.15) is 65.9 Å². The summed E-state index contributed by atoms with van der Waals surface area (Å²) in [4.78, 5) is 36.6. The highest BCUT2D eigenvalue weighted by Crippen LogP contribution is 2.62. The molecule has 5 nitrogen and oxygen atoms in total. The molecule has 0 heterocycles. The molecule has 0 saturated heterocycles. The summed E-state index contributed by atoms with van der Waals surface area (Å²) < 4.78 is 194. The Morgan fingerprint density at radius 3 is 1.31 bits per heavy atom. The summed E-state index contributed by atoms with van der Waals surface area (Å²) in [5.41, 5.74) is 0. The minimum atomic E-state index is -8.50. The maximum absolute atomic E-state index is 13.4. The third kappa shape index (κ3) is 4.88. The molecule has 192 valence electrons. The predicted octanol–water partition coefficient (Wildman–Crippen LogP) is 2.78. The third-order valence-corrected chi connectivity index (χ3v) is 4.61. The van der Waals surface area contributed by atoms with Gasteiger partial charge in [0.15, 0.2) is 0 Å². The molecule has 0 saturated carbocycles. The maximum atomic E-state index is 13.4. The fraction of sp³-hybridized carbons (Fsp3) is 0.909. The van der Waals surface area contributed by atoms with Crippen LogP contribution in [0, 0.1) is 0 Å². The Balaban J connectivity index is 6.07. The van der Waals surface area contributed by atoms with E-state index < -0.39 is 75.4 Å². The van der Waals surface area contributed by atoms with Gasteiger partial charge in [0.2, 0.25) is 0 Å². The van der Waals surface area contributed by atoms with E-state index in [0.717, 1.165) is 0 Å². The Hall–Kier alpha value is -1.48. The zero-order chi connectivity index (χ0) is 26.4. The van der Waals surface area contributed by atoms with Gasteiger partial charge >= 0.3 is 50.5 Å². The molecule has 0 aromatic heterocycles. The molecular weight excluding hydrogens is 523 g/mol. The molecule has 0 aromatic rings. The Morgan fingerprint density at radius 1 is 0.625 bits per heavy atom. The molecular formula is C11H10F15NO4Si. The highest BCUT2D eigenvalue weighted by atomic mass is 28.4. The van der Waals surface area contributed by atoms with Crippen LogP contribution in [0.2, 0.25) is 6.04 Å². The number of carbonyl (C=O) groups excluding carboxylic acids is 1. The number of carbonyl (C=O) groups is 1. The number of amides is 1. The van der Waals surface area contributed by atoms with E-state index in [1.807, 2.05) is 0 Å². The summed E-state index contributed by atoms with van der Waals surface area (Å²) in [6.07, 6.45) is -8.65. The SMILES string of the molecule is O=C(NCCC[Si](O)(O)O)C(F)(F)C(F)(F)C(F)(F)C(F)(F)C(F)(F)C(F)(F)C(F)(F)F. The lowest BCUT2D eigenvalue weighted by Crippen LogP contribution is -2.74. The average Bonchev–Trinajstić information content (AvgIpc) is 2.55. The first kappa shape index (κ1) is 30.5. The monoisotopic (exact) mass is 533 g/mol. The van der Waals surface area contributed by atoms with Gasteiger partial charge in [0.05, 0.1) is 0 Å². The Morgan fingerprint density at radius 2 is 0.969 bits per heavy atom. The second-order valence-corrected chi connectivity index (χ2v) is 8.13. The molecule has 0 aromatic carbocycles. The summed E-state index contributed by atoms with van der Waals surface area (Å²) in [6, 6.07) is -1.07. The maximum Gasteiger partial charge on any atom is 0.492 e. The zero-order valence-electron chi connectivity index (χ0n) is 14.5. The van der Waals surface area contributed by atoms with Crippen molar-refractivity contribution in [3.8, 4) is 0 Å². The summed E-state index contributed by atoms with van der Waals surface area (Å²) in [7, 11) is -4.87. The van der Waals surface area contributed by atoms with E-state index in [1.54, 1.807) is 0 Å². The van der Waals surface area contributed by atoms with Crippen LogP contribution in [0.5, 0.6) is 0 Å². The summed E-state index contributed by atoms with van der Waals surface area (Å²) >= 11 is 0. The summed E-state index contributed by atoms with van der Waals surface area (Å²) in [5, 5.41) is 0.644. The first-order chi connectivity index (χ1) is 13.6. The van der Waals surface area contributed by atoms with Crippen LogP contribution in [0.1, 0.15) is 6.42 Å². The van der Waals surface area contributed by atoms with Crippen LogP contribution in [-0.4, -0.2) is 77.4 Å². The van der Waals surface area contributed by atoms with Crippen molar-refractivity contribution in [2.75, 3.05) is 6.54 Å². The van der Waals surface area contributed by atoms with E-state index >= 15 is 0 Å². The first-order valence-electron chi connectivity index (χ1n) is 7.42. The second kappa shape index (κ2) is 8.38. The number of hydrogen-bond donors (Lipinski definition) is 4. The van der Waals surface area contributed by atoms with Crippen molar-refractivity contribution in [1.82, 2.24) is 5.32 Å². The lowest BCUT2D eigenvalue weighted by molar-refractivity contribution is -0.449. The van der Waals surface area contributed by atoms with Crippen molar-refractivity contribution in [3.63, 3.8) is 0 Å². The van der Waals surface area contributed by atoms with E-state index in [-0.39, 0.29) is 0 Å². The van der Waals surface area contributed by atoms with Crippen molar-refractivity contribution in [2.24, 2.45) is 0 Å². The Kier molecular flexibility index (Phi) is 7.99. The van der Waals surface area contributed by atoms with Crippen LogP contribution in [0.15, 0.2) is 0 Å². The summed E-state index contributed by atoms with van der Waals surface area (Å²) in [6.45, 7) is -1.36. The summed E-state index contributed by atoms with van der Waals surface area (Å²) in [5.74, 6) is -52.1. The van der Waals surface area contributed by atoms with Crippen LogP contribution in [0.25, 0.3) is 0 Å². The Bertz CT molecular complexity index is 688. The van der Waals surface area contributed by atoms with E-state index in [0.29, 0.717) is 5.32 Å². The van der Waals surface area contributed by atoms with E-state index in [4.69, 9.17) is 14.4 Å².